The van der Waals surface area contributed by atoms with Crippen LogP contribution < -0.4 is 5.73 Å². The van der Waals surface area contributed by atoms with E-state index in [4.69, 9.17) is 5.73 Å². The van der Waals surface area contributed by atoms with Crippen molar-refractivity contribution in [2.24, 2.45) is 5.73 Å². The van der Waals surface area contributed by atoms with Gasteiger partial charge in [-0.15, -0.1) is 0 Å². The molecule has 0 aliphatic carbocycles. The van der Waals surface area contributed by atoms with Crippen molar-refractivity contribution in [1.82, 2.24) is 9.80 Å². The molecule has 0 bridgehead atoms. The van der Waals surface area contributed by atoms with Crippen molar-refractivity contribution in [3.05, 3.63) is 0 Å². The lowest BCUT2D eigenvalue weighted by atomic mass is 10.1. The predicted octanol–water partition coefficient (Wildman–Crippen LogP) is 1.29. The van der Waals surface area contributed by atoms with Crippen molar-refractivity contribution in [1.29, 1.82) is 0 Å². The summed E-state index contributed by atoms with van der Waals surface area (Å²) in [5.74, 6) is 0. The third kappa shape index (κ3) is 4.04. The molecule has 3 nitrogen and oxygen atoms in total. The molecule has 2 saturated heterocycles. The number of likely N-dealkylation sites (tertiary alicyclic amines) is 2. The summed E-state index contributed by atoms with van der Waals surface area (Å²) in [5.41, 5.74) is 5.91. The fourth-order valence-corrected chi connectivity index (χ4v) is 2.88. The molecular formula is C13H27N3. The van der Waals surface area contributed by atoms with E-state index in [0.29, 0.717) is 6.04 Å². The molecular weight excluding hydrogens is 198 g/mol. The lowest BCUT2D eigenvalue weighted by Crippen LogP contribution is -2.41. The Bertz CT molecular complexity index is 182. The Kier molecular flexibility index (Phi) is 5.07. The summed E-state index contributed by atoms with van der Waals surface area (Å²) in [6.07, 6.45) is 8.01. The number of nitrogens with zero attached hydrogens (tertiary/aromatic N) is 2. The topological polar surface area (TPSA) is 32.5 Å². The highest BCUT2D eigenvalue weighted by atomic mass is 15.2. The van der Waals surface area contributed by atoms with Crippen LogP contribution in [0.25, 0.3) is 0 Å². The Morgan fingerprint density at radius 3 is 2.00 bits per heavy atom. The second kappa shape index (κ2) is 6.58. The summed E-state index contributed by atoms with van der Waals surface area (Å²) in [7, 11) is 0. The van der Waals surface area contributed by atoms with Crippen LogP contribution >= 0.6 is 0 Å². The largest absolute Gasteiger partial charge is 0.328 e. The van der Waals surface area contributed by atoms with E-state index < -0.39 is 0 Å². The minimum absolute atomic E-state index is 0.471. The molecule has 0 saturated carbocycles. The van der Waals surface area contributed by atoms with Crippen LogP contribution in [0.3, 0.4) is 0 Å². The fourth-order valence-electron chi connectivity index (χ4n) is 2.88. The summed E-state index contributed by atoms with van der Waals surface area (Å²) < 4.78 is 0. The van der Waals surface area contributed by atoms with Crippen LogP contribution in [0.5, 0.6) is 0 Å². The summed E-state index contributed by atoms with van der Waals surface area (Å²) >= 11 is 0. The van der Waals surface area contributed by atoms with E-state index in [0.717, 1.165) is 0 Å². The standard InChI is InChI=1S/C13H27N3/c14-13-5-11-16(12-6-13)10-4-9-15-7-2-1-3-8-15/h13H,1-12,14H2. The average Bonchev–Trinajstić information content (AvgIpc) is 2.33. The SMILES string of the molecule is NC1CCN(CCCN2CCCCC2)CC1. The van der Waals surface area contributed by atoms with Gasteiger partial charge in [-0.25, -0.2) is 0 Å². The zero-order valence-electron chi connectivity index (χ0n) is 10.5. The van der Waals surface area contributed by atoms with Gasteiger partial charge in [0.05, 0.1) is 0 Å². The minimum Gasteiger partial charge on any atom is -0.328 e. The average molecular weight is 225 g/mol. The molecule has 2 aliphatic rings. The Labute approximate surface area is 100.0 Å². The molecule has 0 aromatic rings. The first-order valence-electron chi connectivity index (χ1n) is 7.05. The number of piperidine rings is 2. The highest BCUT2D eigenvalue weighted by Crippen LogP contribution is 2.11. The molecule has 0 aromatic carbocycles. The molecule has 0 atom stereocenters. The van der Waals surface area contributed by atoms with E-state index in [1.165, 1.54) is 77.8 Å². The minimum atomic E-state index is 0.471. The first kappa shape index (κ1) is 12.3. The normalized spacial score (nSPS) is 26.1. The Hall–Kier alpha value is -0.120. The van der Waals surface area contributed by atoms with Crippen molar-refractivity contribution < 1.29 is 0 Å². The zero-order chi connectivity index (χ0) is 11.2. The third-order valence-corrected chi connectivity index (χ3v) is 4.03. The number of rotatable bonds is 4. The highest BCUT2D eigenvalue weighted by molar-refractivity contribution is 4.74. The molecule has 94 valence electrons. The zero-order valence-corrected chi connectivity index (χ0v) is 10.5. The summed E-state index contributed by atoms with van der Waals surface area (Å²) in [5, 5.41) is 0. The van der Waals surface area contributed by atoms with Crippen LogP contribution in [0.1, 0.15) is 38.5 Å². The molecule has 16 heavy (non-hydrogen) atoms. The first-order chi connectivity index (χ1) is 7.84. The van der Waals surface area contributed by atoms with E-state index in [2.05, 4.69) is 9.80 Å². The molecule has 0 unspecified atom stereocenters. The molecule has 2 rings (SSSR count). The van der Waals surface area contributed by atoms with Crippen molar-refractivity contribution >= 4 is 0 Å². The van der Waals surface area contributed by atoms with E-state index in [9.17, 15) is 0 Å². The molecule has 2 N–H and O–H groups in total. The Morgan fingerprint density at radius 1 is 0.812 bits per heavy atom. The van der Waals surface area contributed by atoms with Crippen molar-refractivity contribution in [2.45, 2.75) is 44.6 Å². The molecule has 3 heteroatoms. The molecule has 2 heterocycles. The Balaban J connectivity index is 1.53. The lowest BCUT2D eigenvalue weighted by Gasteiger charge is -2.31. The Morgan fingerprint density at radius 2 is 1.38 bits per heavy atom. The van der Waals surface area contributed by atoms with Gasteiger partial charge in [-0.2, -0.15) is 0 Å². The van der Waals surface area contributed by atoms with E-state index >= 15 is 0 Å². The van der Waals surface area contributed by atoms with Crippen LogP contribution in [-0.4, -0.2) is 55.1 Å². The molecule has 0 aromatic heterocycles. The van der Waals surface area contributed by atoms with Gasteiger partial charge in [-0.3, -0.25) is 0 Å². The van der Waals surface area contributed by atoms with Crippen LogP contribution in [0, 0.1) is 0 Å². The monoisotopic (exact) mass is 225 g/mol. The predicted molar refractivity (Wildman–Crippen MR) is 68.6 cm³/mol. The second-order valence-electron chi connectivity index (χ2n) is 5.43. The van der Waals surface area contributed by atoms with Gasteiger partial charge in [0.25, 0.3) is 0 Å². The maximum absolute atomic E-state index is 5.91. The van der Waals surface area contributed by atoms with E-state index in [-0.39, 0.29) is 0 Å². The lowest BCUT2D eigenvalue weighted by molar-refractivity contribution is 0.181. The van der Waals surface area contributed by atoms with Gasteiger partial charge in [-0.05, 0) is 71.4 Å². The summed E-state index contributed by atoms with van der Waals surface area (Å²) in [4.78, 5) is 5.23. The molecule has 0 spiro atoms. The van der Waals surface area contributed by atoms with Crippen LogP contribution in [0.4, 0.5) is 0 Å². The highest BCUT2D eigenvalue weighted by Gasteiger charge is 2.16. The maximum Gasteiger partial charge on any atom is 0.00631 e. The van der Waals surface area contributed by atoms with Crippen molar-refractivity contribution in [2.75, 3.05) is 39.3 Å². The van der Waals surface area contributed by atoms with Gasteiger partial charge in [0, 0.05) is 6.04 Å². The number of hydrogen-bond donors (Lipinski definition) is 1. The smallest absolute Gasteiger partial charge is 0.00631 e. The van der Waals surface area contributed by atoms with Crippen molar-refractivity contribution in [3.8, 4) is 0 Å². The second-order valence-corrected chi connectivity index (χ2v) is 5.43. The summed E-state index contributed by atoms with van der Waals surface area (Å²) in [6, 6.07) is 0.471. The van der Waals surface area contributed by atoms with Crippen molar-refractivity contribution in [3.63, 3.8) is 0 Å². The van der Waals surface area contributed by atoms with Gasteiger partial charge < -0.3 is 15.5 Å². The van der Waals surface area contributed by atoms with E-state index in [1.54, 1.807) is 0 Å². The molecule has 0 amide bonds. The molecule has 2 fully saturated rings. The molecule has 2 aliphatic heterocycles. The van der Waals surface area contributed by atoms with Crippen LogP contribution in [0.15, 0.2) is 0 Å². The van der Waals surface area contributed by atoms with Gasteiger partial charge in [0.15, 0.2) is 0 Å². The number of hydrogen-bond acceptors (Lipinski definition) is 3. The van der Waals surface area contributed by atoms with Crippen LogP contribution in [0.2, 0.25) is 0 Å². The maximum atomic E-state index is 5.91. The fraction of sp³-hybridized carbons (Fsp3) is 1.00. The van der Waals surface area contributed by atoms with Gasteiger partial charge in [0.2, 0.25) is 0 Å². The van der Waals surface area contributed by atoms with Gasteiger partial charge in [0.1, 0.15) is 0 Å². The number of nitrogens with two attached hydrogens (primary N) is 1. The first-order valence-corrected chi connectivity index (χ1v) is 7.05. The van der Waals surface area contributed by atoms with Crippen LogP contribution in [-0.2, 0) is 0 Å². The van der Waals surface area contributed by atoms with E-state index in [1.807, 2.05) is 0 Å². The quantitative estimate of drug-likeness (QED) is 0.782. The molecule has 0 radical (unpaired) electrons. The third-order valence-electron chi connectivity index (χ3n) is 4.03. The van der Waals surface area contributed by atoms with Gasteiger partial charge in [-0.1, -0.05) is 6.42 Å². The summed E-state index contributed by atoms with van der Waals surface area (Å²) in [6.45, 7) is 7.71. The van der Waals surface area contributed by atoms with Gasteiger partial charge >= 0.3 is 0 Å².